The summed E-state index contributed by atoms with van der Waals surface area (Å²) in [5, 5.41) is 14.6. The van der Waals surface area contributed by atoms with Gasteiger partial charge in [0.15, 0.2) is 0 Å². The van der Waals surface area contributed by atoms with Crippen molar-refractivity contribution in [1.82, 2.24) is 5.32 Å². The highest BCUT2D eigenvalue weighted by atomic mass is 35.5. The second-order valence-electron chi connectivity index (χ2n) is 4.23. The van der Waals surface area contributed by atoms with Crippen LogP contribution in [0.5, 0.6) is 0 Å². The fraction of sp³-hybridized carbons (Fsp3) is 0.214. The predicted octanol–water partition coefficient (Wildman–Crippen LogP) is 3.95. The average Bonchev–Trinajstić information content (AvgIpc) is 2.85. The van der Waals surface area contributed by atoms with Crippen molar-refractivity contribution >= 4 is 28.9 Å². The molecule has 100 valence electrons. The molecule has 19 heavy (non-hydrogen) atoms. The van der Waals surface area contributed by atoms with Gasteiger partial charge in [-0.1, -0.05) is 29.8 Å². The molecular formula is C14H14ClNO2S. The van der Waals surface area contributed by atoms with Crippen LogP contribution >= 0.6 is 22.9 Å². The van der Waals surface area contributed by atoms with E-state index in [9.17, 15) is 4.79 Å². The van der Waals surface area contributed by atoms with E-state index in [1.54, 1.807) is 11.4 Å². The molecule has 0 spiro atoms. The van der Waals surface area contributed by atoms with Crippen LogP contribution in [-0.4, -0.2) is 11.1 Å². The molecule has 3 nitrogen and oxygen atoms in total. The van der Waals surface area contributed by atoms with Gasteiger partial charge in [-0.15, -0.1) is 11.3 Å². The van der Waals surface area contributed by atoms with Crippen molar-refractivity contribution in [2.75, 3.05) is 0 Å². The second kappa shape index (κ2) is 6.19. The number of nitrogens with one attached hydrogen (secondary N) is 1. The van der Waals surface area contributed by atoms with Gasteiger partial charge in [-0.05, 0) is 24.6 Å². The Morgan fingerprint density at radius 1 is 1.47 bits per heavy atom. The minimum absolute atomic E-state index is 0.115. The molecular weight excluding hydrogens is 282 g/mol. The highest BCUT2D eigenvalue weighted by Crippen LogP contribution is 2.23. The van der Waals surface area contributed by atoms with Crippen molar-refractivity contribution in [3.63, 3.8) is 0 Å². The van der Waals surface area contributed by atoms with Gasteiger partial charge in [-0.2, -0.15) is 0 Å². The van der Waals surface area contributed by atoms with Crippen molar-refractivity contribution in [3.05, 3.63) is 56.7 Å². The quantitative estimate of drug-likeness (QED) is 0.878. The lowest BCUT2D eigenvalue weighted by atomic mass is 10.1. The van der Waals surface area contributed by atoms with Gasteiger partial charge in [-0.25, -0.2) is 4.79 Å². The molecule has 0 radical (unpaired) electrons. The highest BCUT2D eigenvalue weighted by Gasteiger charge is 2.10. The van der Waals surface area contributed by atoms with Crippen molar-refractivity contribution in [3.8, 4) is 0 Å². The molecule has 0 aliphatic carbocycles. The van der Waals surface area contributed by atoms with Gasteiger partial charge in [0.2, 0.25) is 0 Å². The lowest BCUT2D eigenvalue weighted by molar-refractivity contribution is 0.0697. The lowest BCUT2D eigenvalue weighted by Crippen LogP contribution is -2.17. The van der Waals surface area contributed by atoms with Gasteiger partial charge in [0.25, 0.3) is 0 Å². The summed E-state index contributed by atoms with van der Waals surface area (Å²) in [6.07, 6.45) is 0. The molecule has 2 aromatic rings. The molecule has 0 saturated heterocycles. The van der Waals surface area contributed by atoms with Gasteiger partial charge in [0, 0.05) is 27.9 Å². The third-order valence-electron chi connectivity index (χ3n) is 2.85. The van der Waals surface area contributed by atoms with Crippen LogP contribution in [0.15, 0.2) is 35.7 Å². The van der Waals surface area contributed by atoms with Crippen LogP contribution in [0.4, 0.5) is 0 Å². The van der Waals surface area contributed by atoms with E-state index < -0.39 is 5.97 Å². The maximum Gasteiger partial charge on any atom is 0.336 e. The number of carboxylic acids is 1. The summed E-state index contributed by atoms with van der Waals surface area (Å²) in [5.74, 6) is -0.887. The number of benzene rings is 1. The standard InChI is InChI=1S/C14H14ClNO2S/c1-9(12-4-2-3-5-13(12)15)16-7-11-6-10(8-19-11)14(17)18/h2-6,8-9,16H,7H2,1H3,(H,17,18)/t9-/m0/s1. The summed E-state index contributed by atoms with van der Waals surface area (Å²) in [6.45, 7) is 2.66. The number of rotatable bonds is 5. The van der Waals surface area contributed by atoms with E-state index in [1.165, 1.54) is 11.3 Å². The van der Waals surface area contributed by atoms with E-state index in [4.69, 9.17) is 16.7 Å². The highest BCUT2D eigenvalue weighted by molar-refractivity contribution is 7.10. The largest absolute Gasteiger partial charge is 0.478 e. The van der Waals surface area contributed by atoms with Gasteiger partial charge >= 0.3 is 5.97 Å². The number of hydrogen-bond acceptors (Lipinski definition) is 3. The third kappa shape index (κ3) is 3.56. The first-order valence-electron chi connectivity index (χ1n) is 5.86. The fourth-order valence-electron chi connectivity index (χ4n) is 1.78. The number of carbonyl (C=O) groups is 1. The molecule has 5 heteroatoms. The average molecular weight is 296 g/mol. The van der Waals surface area contributed by atoms with Crippen LogP contribution in [-0.2, 0) is 6.54 Å². The van der Waals surface area contributed by atoms with Crippen LogP contribution in [0.25, 0.3) is 0 Å². The first-order chi connectivity index (χ1) is 9.08. The summed E-state index contributed by atoms with van der Waals surface area (Å²) >= 11 is 7.57. The molecule has 2 N–H and O–H groups in total. The summed E-state index contributed by atoms with van der Waals surface area (Å²) in [7, 11) is 0. The van der Waals surface area contributed by atoms with Crippen LogP contribution in [0.3, 0.4) is 0 Å². The SMILES string of the molecule is C[C@H](NCc1cc(C(=O)O)cs1)c1ccccc1Cl. The maximum atomic E-state index is 10.8. The Balaban J connectivity index is 1.98. The summed E-state index contributed by atoms with van der Waals surface area (Å²) in [4.78, 5) is 11.8. The smallest absolute Gasteiger partial charge is 0.336 e. The van der Waals surface area contributed by atoms with E-state index in [0.717, 1.165) is 15.5 Å². The molecule has 2 rings (SSSR count). The van der Waals surface area contributed by atoms with E-state index in [-0.39, 0.29) is 6.04 Å². The van der Waals surface area contributed by atoms with Gasteiger partial charge in [0.05, 0.1) is 5.56 Å². The molecule has 0 amide bonds. The molecule has 0 aliphatic heterocycles. The zero-order valence-electron chi connectivity index (χ0n) is 10.4. The van der Waals surface area contributed by atoms with Gasteiger partial charge in [0.1, 0.15) is 0 Å². The Bertz CT molecular complexity index is 582. The fourth-order valence-corrected chi connectivity index (χ4v) is 2.88. The molecule has 0 unspecified atom stereocenters. The monoisotopic (exact) mass is 295 g/mol. The van der Waals surface area contributed by atoms with E-state index in [1.807, 2.05) is 31.2 Å². The summed E-state index contributed by atoms with van der Waals surface area (Å²) in [5.41, 5.74) is 1.38. The Kier molecular flexibility index (Phi) is 4.58. The second-order valence-corrected chi connectivity index (χ2v) is 5.63. The first-order valence-corrected chi connectivity index (χ1v) is 7.12. The van der Waals surface area contributed by atoms with Crippen molar-refractivity contribution in [2.24, 2.45) is 0 Å². The van der Waals surface area contributed by atoms with Crippen LogP contribution in [0.1, 0.15) is 33.8 Å². The predicted molar refractivity (Wildman–Crippen MR) is 78.0 cm³/mol. The minimum Gasteiger partial charge on any atom is -0.478 e. The third-order valence-corrected chi connectivity index (χ3v) is 4.14. The van der Waals surface area contributed by atoms with Crippen LogP contribution in [0, 0.1) is 0 Å². The zero-order valence-corrected chi connectivity index (χ0v) is 12.0. The molecule has 0 saturated carbocycles. The number of carboxylic acid groups (broad SMARTS) is 1. The normalized spacial score (nSPS) is 12.3. The van der Waals surface area contributed by atoms with Crippen LogP contribution in [0.2, 0.25) is 5.02 Å². The van der Waals surface area contributed by atoms with Crippen LogP contribution < -0.4 is 5.32 Å². The molecule has 1 atom stereocenters. The number of hydrogen-bond donors (Lipinski definition) is 2. The number of thiophene rings is 1. The summed E-state index contributed by atoms with van der Waals surface area (Å²) in [6, 6.07) is 9.51. The molecule has 1 heterocycles. The number of aromatic carboxylic acids is 1. The maximum absolute atomic E-state index is 10.8. The Labute approximate surface area is 120 Å². The molecule has 0 bridgehead atoms. The lowest BCUT2D eigenvalue weighted by Gasteiger charge is -2.14. The Morgan fingerprint density at radius 3 is 2.84 bits per heavy atom. The van der Waals surface area contributed by atoms with E-state index >= 15 is 0 Å². The van der Waals surface area contributed by atoms with Gasteiger partial charge in [-0.3, -0.25) is 0 Å². The Hall–Kier alpha value is -1.36. The summed E-state index contributed by atoms with van der Waals surface area (Å²) < 4.78 is 0. The van der Waals surface area contributed by atoms with E-state index in [2.05, 4.69) is 5.32 Å². The van der Waals surface area contributed by atoms with E-state index in [0.29, 0.717) is 12.1 Å². The van der Waals surface area contributed by atoms with Gasteiger partial charge < -0.3 is 10.4 Å². The molecule has 0 fully saturated rings. The first kappa shape index (κ1) is 14.1. The minimum atomic E-state index is -0.887. The molecule has 1 aromatic carbocycles. The molecule has 0 aliphatic rings. The number of halogens is 1. The van der Waals surface area contributed by atoms with Crippen molar-refractivity contribution in [2.45, 2.75) is 19.5 Å². The van der Waals surface area contributed by atoms with Crippen molar-refractivity contribution < 1.29 is 9.90 Å². The Morgan fingerprint density at radius 2 is 2.21 bits per heavy atom. The zero-order chi connectivity index (χ0) is 13.8. The molecule has 1 aromatic heterocycles. The topological polar surface area (TPSA) is 49.3 Å². The van der Waals surface area contributed by atoms with Crippen molar-refractivity contribution in [1.29, 1.82) is 0 Å².